The number of benzene rings is 2. The van der Waals surface area contributed by atoms with Crippen LogP contribution in [-0.4, -0.2) is 29.5 Å². The molecule has 2 aromatic carbocycles. The van der Waals surface area contributed by atoms with E-state index in [-0.39, 0.29) is 11.5 Å². The lowest BCUT2D eigenvalue weighted by molar-refractivity contribution is -0.398. The number of amides is 2. The third kappa shape index (κ3) is 4.01. The molecule has 10 heteroatoms. The fraction of sp³-hybridized carbons (Fsp3) is 0.167. The minimum Gasteiger partial charge on any atom is -0.867 e. The van der Waals surface area contributed by atoms with Gasteiger partial charge in [0.05, 0.1) is 11.1 Å². The Morgan fingerprint density at radius 2 is 2.04 bits per heavy atom. The summed E-state index contributed by atoms with van der Waals surface area (Å²) in [6, 6.07) is 11.6. The van der Waals surface area contributed by atoms with Crippen molar-refractivity contribution in [2.45, 2.75) is 5.92 Å². The molecule has 2 aromatic rings. The summed E-state index contributed by atoms with van der Waals surface area (Å²) in [6.07, 6.45) is 1.02. The SMILES string of the molecule is O=C1NC[C@H](c2ccccc2)[C@@H]1C(=O)NN=Cc1cc(Br)cc([N+](=O)[O-])c1[O-]. The summed E-state index contributed by atoms with van der Waals surface area (Å²) in [5.41, 5.74) is 2.40. The number of halogens is 1. The smallest absolute Gasteiger partial charge is 0.263 e. The first-order valence-corrected chi connectivity index (χ1v) is 8.98. The fourth-order valence-electron chi connectivity index (χ4n) is 3.00. The number of hydrazone groups is 1. The molecule has 144 valence electrons. The zero-order chi connectivity index (χ0) is 20.3. The summed E-state index contributed by atoms with van der Waals surface area (Å²) in [4.78, 5) is 34.7. The van der Waals surface area contributed by atoms with Crippen molar-refractivity contribution in [3.05, 3.63) is 68.2 Å². The van der Waals surface area contributed by atoms with Crippen LogP contribution in [-0.2, 0) is 9.59 Å². The van der Waals surface area contributed by atoms with Gasteiger partial charge in [-0.25, -0.2) is 5.43 Å². The van der Waals surface area contributed by atoms with Crippen molar-refractivity contribution in [1.29, 1.82) is 0 Å². The summed E-state index contributed by atoms with van der Waals surface area (Å²) in [5.74, 6) is -3.18. The second-order valence-corrected chi connectivity index (χ2v) is 6.99. The number of carbonyl (C=O) groups excluding carboxylic acids is 2. The van der Waals surface area contributed by atoms with Crippen LogP contribution < -0.4 is 15.8 Å². The van der Waals surface area contributed by atoms with Gasteiger partial charge in [-0.05, 0) is 22.9 Å². The second kappa shape index (κ2) is 8.17. The van der Waals surface area contributed by atoms with Crippen molar-refractivity contribution >= 4 is 39.6 Å². The van der Waals surface area contributed by atoms with Crippen LogP contribution in [0.5, 0.6) is 5.75 Å². The molecule has 0 radical (unpaired) electrons. The van der Waals surface area contributed by atoms with Gasteiger partial charge in [-0.2, -0.15) is 5.10 Å². The van der Waals surface area contributed by atoms with E-state index >= 15 is 0 Å². The molecule has 1 heterocycles. The summed E-state index contributed by atoms with van der Waals surface area (Å²) in [6.45, 7) is 0.327. The molecule has 0 aliphatic carbocycles. The Morgan fingerprint density at radius 1 is 1.32 bits per heavy atom. The van der Waals surface area contributed by atoms with Crippen molar-refractivity contribution in [3.63, 3.8) is 0 Å². The van der Waals surface area contributed by atoms with E-state index in [4.69, 9.17) is 0 Å². The van der Waals surface area contributed by atoms with E-state index in [1.807, 2.05) is 30.3 Å². The normalized spacial score (nSPS) is 18.8. The highest BCUT2D eigenvalue weighted by Crippen LogP contribution is 2.31. The van der Waals surface area contributed by atoms with Gasteiger partial charge in [-0.3, -0.25) is 19.7 Å². The van der Waals surface area contributed by atoms with Crippen molar-refractivity contribution in [1.82, 2.24) is 10.7 Å². The van der Waals surface area contributed by atoms with Gasteiger partial charge in [0.25, 0.3) is 11.6 Å². The van der Waals surface area contributed by atoms with E-state index in [1.165, 1.54) is 6.07 Å². The van der Waals surface area contributed by atoms with Crippen molar-refractivity contribution in [2.24, 2.45) is 11.0 Å². The number of hydrogen-bond donors (Lipinski definition) is 2. The third-order valence-electron chi connectivity index (χ3n) is 4.33. The van der Waals surface area contributed by atoms with Crippen molar-refractivity contribution in [2.75, 3.05) is 6.54 Å². The topological polar surface area (TPSA) is 137 Å². The van der Waals surface area contributed by atoms with Crippen LogP contribution >= 0.6 is 15.9 Å². The average molecular weight is 446 g/mol. The fourth-order valence-corrected chi connectivity index (χ4v) is 3.46. The zero-order valence-electron chi connectivity index (χ0n) is 14.3. The van der Waals surface area contributed by atoms with Crippen molar-refractivity contribution < 1.29 is 19.6 Å². The van der Waals surface area contributed by atoms with Gasteiger partial charge >= 0.3 is 0 Å². The molecule has 28 heavy (non-hydrogen) atoms. The number of nitro benzene ring substituents is 1. The van der Waals surface area contributed by atoms with Gasteiger partial charge in [0, 0.05) is 23.0 Å². The Labute approximate surface area is 167 Å². The maximum Gasteiger partial charge on any atom is 0.263 e. The average Bonchev–Trinajstić information content (AvgIpc) is 3.06. The summed E-state index contributed by atoms with van der Waals surface area (Å²) < 4.78 is 0.325. The quantitative estimate of drug-likeness (QED) is 0.310. The Morgan fingerprint density at radius 3 is 2.71 bits per heavy atom. The van der Waals surface area contributed by atoms with E-state index in [0.717, 1.165) is 17.8 Å². The molecule has 1 aliphatic rings. The molecule has 3 rings (SSSR count). The number of nitrogens with zero attached hydrogens (tertiary/aromatic N) is 2. The molecule has 0 unspecified atom stereocenters. The highest BCUT2D eigenvalue weighted by molar-refractivity contribution is 9.10. The predicted octanol–water partition coefficient (Wildman–Crippen LogP) is 1.41. The van der Waals surface area contributed by atoms with Gasteiger partial charge in [-0.15, -0.1) is 0 Å². The van der Waals surface area contributed by atoms with E-state index in [0.29, 0.717) is 11.0 Å². The monoisotopic (exact) mass is 445 g/mol. The Balaban J connectivity index is 1.76. The Bertz CT molecular complexity index is 964. The molecule has 0 spiro atoms. The predicted molar refractivity (Wildman–Crippen MR) is 102 cm³/mol. The number of carbonyl (C=O) groups is 2. The molecular formula is C18H14BrN4O5-. The van der Waals surface area contributed by atoms with Crippen LogP contribution in [0.4, 0.5) is 5.69 Å². The molecule has 2 atom stereocenters. The van der Waals surface area contributed by atoms with E-state index in [1.54, 1.807) is 0 Å². The highest BCUT2D eigenvalue weighted by Gasteiger charge is 2.40. The standard InChI is InChI=1S/C18H15BrN4O5/c19-12-6-11(16(24)14(7-12)23(27)28)8-21-22-18(26)15-13(9-20-17(15)25)10-4-2-1-3-5-10/h1-8,13,15,24H,9H2,(H,20,25)(H,22,26)/p-1/t13-,15+/m1/s1. The first-order valence-electron chi connectivity index (χ1n) is 8.19. The molecule has 0 bridgehead atoms. The zero-order valence-corrected chi connectivity index (χ0v) is 15.9. The number of nitrogens with one attached hydrogen (secondary N) is 2. The van der Waals surface area contributed by atoms with Gasteiger partial charge < -0.3 is 10.4 Å². The van der Waals surface area contributed by atoms with Crippen LogP contribution in [0.1, 0.15) is 17.0 Å². The molecule has 1 fully saturated rings. The number of rotatable bonds is 5. The van der Waals surface area contributed by atoms with Crippen molar-refractivity contribution in [3.8, 4) is 5.75 Å². The molecular weight excluding hydrogens is 432 g/mol. The molecule has 1 saturated heterocycles. The molecule has 1 aliphatic heterocycles. The lowest BCUT2D eigenvalue weighted by Crippen LogP contribution is -2.34. The molecule has 0 saturated carbocycles. The lowest BCUT2D eigenvalue weighted by Gasteiger charge is -2.15. The maximum atomic E-state index is 12.5. The van der Waals surface area contributed by atoms with E-state index in [9.17, 15) is 24.8 Å². The lowest BCUT2D eigenvalue weighted by atomic mass is 9.88. The summed E-state index contributed by atoms with van der Waals surface area (Å²) in [5, 5.41) is 29.3. The number of hydrogen-bond acceptors (Lipinski definition) is 6. The van der Waals surface area contributed by atoms with Crippen LogP contribution in [0.25, 0.3) is 0 Å². The van der Waals surface area contributed by atoms with Crippen LogP contribution in [0, 0.1) is 16.0 Å². The summed E-state index contributed by atoms with van der Waals surface area (Å²) >= 11 is 3.09. The van der Waals surface area contributed by atoms with Gasteiger partial charge in [0.2, 0.25) is 5.91 Å². The molecule has 9 nitrogen and oxygen atoms in total. The van der Waals surface area contributed by atoms with Crippen LogP contribution in [0.15, 0.2) is 52.0 Å². The maximum absolute atomic E-state index is 12.5. The number of nitro groups is 1. The minimum atomic E-state index is -0.969. The molecule has 0 aromatic heterocycles. The van der Waals surface area contributed by atoms with Crippen LogP contribution in [0.2, 0.25) is 0 Å². The highest BCUT2D eigenvalue weighted by atomic mass is 79.9. The summed E-state index contributed by atoms with van der Waals surface area (Å²) in [7, 11) is 0. The molecule has 2 amide bonds. The molecule has 2 N–H and O–H groups in total. The Kier molecular flexibility index (Phi) is 5.69. The first kappa shape index (κ1) is 19.5. The van der Waals surface area contributed by atoms with Gasteiger partial charge in [0.1, 0.15) is 5.92 Å². The van der Waals surface area contributed by atoms with Gasteiger partial charge in [0.15, 0.2) is 0 Å². The van der Waals surface area contributed by atoms with Gasteiger partial charge in [-0.1, -0.05) is 46.3 Å². The minimum absolute atomic E-state index is 0.0724. The van der Waals surface area contributed by atoms with Crippen LogP contribution in [0.3, 0.4) is 0 Å². The largest absolute Gasteiger partial charge is 0.867 e. The Hall–Kier alpha value is -3.27. The second-order valence-electron chi connectivity index (χ2n) is 6.07. The van der Waals surface area contributed by atoms with E-state index in [2.05, 4.69) is 31.8 Å². The third-order valence-corrected chi connectivity index (χ3v) is 4.79. The van der Waals surface area contributed by atoms with E-state index < -0.39 is 34.1 Å². The first-order chi connectivity index (χ1) is 13.4.